The quantitative estimate of drug-likeness (QED) is 0.411. The third-order valence-corrected chi connectivity index (χ3v) is 5.87. The van der Waals surface area contributed by atoms with Crippen molar-refractivity contribution in [3.8, 4) is 6.07 Å². The maximum absolute atomic E-state index is 12.5. The molecule has 0 fully saturated rings. The number of hydrogen-bond acceptors (Lipinski definition) is 6. The molecule has 0 radical (unpaired) electrons. The van der Waals surface area contributed by atoms with E-state index >= 15 is 0 Å². The number of thioether (sulfide) groups is 1. The van der Waals surface area contributed by atoms with Crippen LogP contribution in [0.15, 0.2) is 39.9 Å². The normalized spacial score (nSPS) is 19.0. The standard InChI is InChI=1S/C22H25ClN2O3S/c1-5-28-22(27)20-14(4)25-21(18(11-24)17(20)10-13(2)3)29-12-19(26)15-6-8-16(23)9-7-15/h6-9,13,17,20H,5,10,12H2,1-4H3/t17-,20?/m0/s1. The van der Waals surface area contributed by atoms with Gasteiger partial charge in [-0.25, -0.2) is 4.99 Å². The van der Waals surface area contributed by atoms with Gasteiger partial charge in [0, 0.05) is 22.2 Å². The Kier molecular flexibility index (Phi) is 8.48. The highest BCUT2D eigenvalue weighted by Gasteiger charge is 2.39. The van der Waals surface area contributed by atoms with Gasteiger partial charge in [0.2, 0.25) is 0 Å². The van der Waals surface area contributed by atoms with Gasteiger partial charge in [-0.3, -0.25) is 9.59 Å². The number of Topliss-reactive ketones (excluding diaryl/α,β-unsaturated/α-hetero) is 1. The number of esters is 1. The average Bonchev–Trinajstić information content (AvgIpc) is 2.66. The summed E-state index contributed by atoms with van der Waals surface area (Å²) in [5, 5.41) is 10.9. The van der Waals surface area contributed by atoms with Crippen LogP contribution in [0.3, 0.4) is 0 Å². The Hall–Kier alpha value is -2.10. The fourth-order valence-corrected chi connectivity index (χ4v) is 4.45. The van der Waals surface area contributed by atoms with Gasteiger partial charge in [-0.2, -0.15) is 5.26 Å². The minimum atomic E-state index is -0.566. The molecule has 29 heavy (non-hydrogen) atoms. The van der Waals surface area contributed by atoms with E-state index in [1.807, 2.05) is 0 Å². The molecule has 0 aromatic heterocycles. The molecule has 154 valence electrons. The van der Waals surface area contributed by atoms with Crippen molar-refractivity contribution in [3.63, 3.8) is 0 Å². The predicted molar refractivity (Wildman–Crippen MR) is 117 cm³/mol. The first-order chi connectivity index (χ1) is 13.8. The van der Waals surface area contributed by atoms with Gasteiger partial charge in [0.1, 0.15) is 10.9 Å². The predicted octanol–water partition coefficient (Wildman–Crippen LogP) is 5.31. The summed E-state index contributed by atoms with van der Waals surface area (Å²) in [6.45, 7) is 7.92. The molecule has 0 aliphatic carbocycles. The van der Waals surface area contributed by atoms with Crippen molar-refractivity contribution >= 4 is 40.8 Å². The van der Waals surface area contributed by atoms with Crippen LogP contribution < -0.4 is 0 Å². The minimum absolute atomic E-state index is 0.0720. The van der Waals surface area contributed by atoms with E-state index in [1.165, 1.54) is 11.8 Å². The molecule has 1 aromatic rings. The van der Waals surface area contributed by atoms with E-state index in [-0.39, 0.29) is 35.9 Å². The molecule has 1 aliphatic heterocycles. The molecule has 0 N–H and O–H groups in total. The lowest BCUT2D eigenvalue weighted by atomic mass is 9.77. The second kappa shape index (κ2) is 10.6. The second-order valence-corrected chi connectivity index (χ2v) is 8.67. The Labute approximate surface area is 181 Å². The van der Waals surface area contributed by atoms with Crippen LogP contribution in [0.2, 0.25) is 5.02 Å². The zero-order valence-electron chi connectivity index (χ0n) is 17.1. The number of carbonyl (C=O) groups is 2. The molecule has 0 spiro atoms. The van der Waals surface area contributed by atoms with Gasteiger partial charge >= 0.3 is 5.97 Å². The van der Waals surface area contributed by atoms with Gasteiger partial charge in [-0.15, -0.1) is 0 Å². The summed E-state index contributed by atoms with van der Waals surface area (Å²) in [7, 11) is 0. The van der Waals surface area contributed by atoms with Crippen LogP contribution in [0, 0.1) is 29.1 Å². The van der Waals surface area contributed by atoms with Crippen LogP contribution >= 0.6 is 23.4 Å². The minimum Gasteiger partial charge on any atom is -0.465 e. The monoisotopic (exact) mass is 432 g/mol. The van der Waals surface area contributed by atoms with Crippen molar-refractivity contribution in [1.29, 1.82) is 5.26 Å². The SMILES string of the molecule is CCOC(=O)C1C(C)=NC(SCC(=O)c2ccc(Cl)cc2)=C(C#N)[C@@H]1CC(C)C. The van der Waals surface area contributed by atoms with Crippen LogP contribution in [0.4, 0.5) is 0 Å². The number of benzene rings is 1. The lowest BCUT2D eigenvalue weighted by molar-refractivity contribution is -0.146. The molecular formula is C22H25ClN2O3S. The fourth-order valence-electron chi connectivity index (χ4n) is 3.33. The van der Waals surface area contributed by atoms with E-state index in [4.69, 9.17) is 16.3 Å². The van der Waals surface area contributed by atoms with E-state index in [2.05, 4.69) is 24.9 Å². The Morgan fingerprint density at radius 3 is 2.52 bits per heavy atom. The number of allylic oxidation sites excluding steroid dienone is 1. The number of aliphatic imine (C=N–C) groups is 1. The smallest absolute Gasteiger partial charge is 0.315 e. The number of hydrogen-bond donors (Lipinski definition) is 0. The molecule has 1 aliphatic rings. The zero-order valence-corrected chi connectivity index (χ0v) is 18.6. The number of halogens is 1. The van der Waals surface area contributed by atoms with Gasteiger partial charge < -0.3 is 4.74 Å². The van der Waals surface area contributed by atoms with E-state index in [1.54, 1.807) is 38.1 Å². The Morgan fingerprint density at radius 2 is 1.97 bits per heavy atom. The summed E-state index contributed by atoms with van der Waals surface area (Å²) < 4.78 is 5.23. The van der Waals surface area contributed by atoms with Crippen molar-refractivity contribution in [1.82, 2.24) is 0 Å². The highest BCUT2D eigenvalue weighted by Crippen LogP contribution is 2.39. The number of carbonyl (C=O) groups excluding carboxylic acids is 2. The molecule has 0 saturated heterocycles. The Bertz CT molecular complexity index is 869. The number of nitriles is 1. The summed E-state index contributed by atoms with van der Waals surface area (Å²) in [5.41, 5.74) is 1.63. The first kappa shape index (κ1) is 23.2. The van der Waals surface area contributed by atoms with Crippen molar-refractivity contribution in [2.24, 2.45) is 22.7 Å². The lowest BCUT2D eigenvalue weighted by Gasteiger charge is -2.30. The third-order valence-electron chi connectivity index (χ3n) is 4.62. The lowest BCUT2D eigenvalue weighted by Crippen LogP contribution is -2.36. The molecule has 0 amide bonds. The average molecular weight is 433 g/mol. The van der Waals surface area contributed by atoms with Crippen molar-refractivity contribution in [2.75, 3.05) is 12.4 Å². The Balaban J connectivity index is 2.28. The van der Waals surface area contributed by atoms with E-state index < -0.39 is 5.92 Å². The van der Waals surface area contributed by atoms with Gasteiger partial charge in [0.15, 0.2) is 5.78 Å². The fraction of sp³-hybridized carbons (Fsp3) is 0.455. The Morgan fingerprint density at radius 1 is 1.31 bits per heavy atom. The maximum atomic E-state index is 12.5. The number of ether oxygens (including phenoxy) is 1. The summed E-state index contributed by atoms with van der Waals surface area (Å²) in [5.74, 6) is -0.857. The van der Waals surface area contributed by atoms with E-state index in [0.717, 1.165) is 0 Å². The summed E-state index contributed by atoms with van der Waals surface area (Å²) in [6.07, 6.45) is 0.661. The van der Waals surface area contributed by atoms with Crippen molar-refractivity contribution in [3.05, 3.63) is 45.5 Å². The van der Waals surface area contributed by atoms with Crippen LogP contribution in [0.25, 0.3) is 0 Å². The molecule has 1 heterocycles. The molecule has 2 rings (SSSR count). The molecule has 1 unspecified atom stereocenters. The highest BCUT2D eigenvalue weighted by molar-refractivity contribution is 8.03. The van der Waals surface area contributed by atoms with Crippen LogP contribution in [-0.4, -0.2) is 29.8 Å². The van der Waals surface area contributed by atoms with Crippen LogP contribution in [-0.2, 0) is 9.53 Å². The summed E-state index contributed by atoms with van der Waals surface area (Å²) in [6, 6.07) is 8.94. The molecule has 1 aromatic carbocycles. The first-order valence-corrected chi connectivity index (χ1v) is 10.9. The zero-order chi connectivity index (χ0) is 21.6. The molecule has 0 saturated carbocycles. The highest BCUT2D eigenvalue weighted by atomic mass is 35.5. The summed E-state index contributed by atoms with van der Waals surface area (Å²) >= 11 is 7.11. The van der Waals surface area contributed by atoms with Crippen LogP contribution in [0.5, 0.6) is 0 Å². The number of rotatable bonds is 8. The third kappa shape index (κ3) is 5.94. The van der Waals surface area contributed by atoms with E-state index in [9.17, 15) is 14.9 Å². The summed E-state index contributed by atoms with van der Waals surface area (Å²) in [4.78, 5) is 29.6. The van der Waals surface area contributed by atoms with E-state index in [0.29, 0.717) is 33.3 Å². The van der Waals surface area contributed by atoms with Gasteiger partial charge in [0.05, 0.1) is 24.0 Å². The molecular weight excluding hydrogens is 408 g/mol. The number of ketones is 1. The molecule has 2 atom stereocenters. The van der Waals surface area contributed by atoms with Crippen LogP contribution in [0.1, 0.15) is 44.5 Å². The van der Waals surface area contributed by atoms with Gasteiger partial charge in [-0.1, -0.05) is 37.2 Å². The maximum Gasteiger partial charge on any atom is 0.315 e. The largest absolute Gasteiger partial charge is 0.465 e. The van der Waals surface area contributed by atoms with Gasteiger partial charge in [-0.05, 0) is 50.5 Å². The topological polar surface area (TPSA) is 79.5 Å². The molecule has 0 bridgehead atoms. The molecule has 5 nitrogen and oxygen atoms in total. The van der Waals surface area contributed by atoms with Crippen molar-refractivity contribution in [2.45, 2.75) is 34.1 Å². The number of nitrogens with zero attached hydrogens (tertiary/aromatic N) is 2. The molecule has 7 heteroatoms. The van der Waals surface area contributed by atoms with Gasteiger partial charge in [0.25, 0.3) is 0 Å². The van der Waals surface area contributed by atoms with Crippen molar-refractivity contribution < 1.29 is 14.3 Å². The second-order valence-electron chi connectivity index (χ2n) is 7.27. The first-order valence-electron chi connectivity index (χ1n) is 9.56.